The van der Waals surface area contributed by atoms with Crippen molar-refractivity contribution in [2.24, 2.45) is 0 Å². The van der Waals surface area contributed by atoms with Crippen molar-refractivity contribution in [3.63, 3.8) is 0 Å². The van der Waals surface area contributed by atoms with Crippen LogP contribution in [0, 0.1) is 0 Å². The minimum absolute atomic E-state index is 0.0529. The molecular weight excluding hydrogens is 791 g/mol. The second-order valence-electron chi connectivity index (χ2n) is 19.4. The number of unbranched alkanes of at least 4 members (excludes halogenated alkanes) is 34. The number of rotatable bonds is 51. The first-order valence-electron chi connectivity index (χ1n) is 28.2. The Hall–Kier alpha value is -1.92. The van der Waals surface area contributed by atoms with Crippen molar-refractivity contribution in [1.29, 1.82) is 0 Å². The van der Waals surface area contributed by atoms with Gasteiger partial charge >= 0.3 is 5.97 Å². The van der Waals surface area contributed by atoms with E-state index in [2.05, 4.69) is 62.5 Å². The summed E-state index contributed by atoms with van der Waals surface area (Å²) in [4.78, 5) is 26.2. The van der Waals surface area contributed by atoms with E-state index in [-0.39, 0.29) is 24.9 Å². The molecular formula is C58H109NO5. The van der Waals surface area contributed by atoms with Crippen LogP contribution in [0.15, 0.2) is 36.5 Å². The summed E-state index contributed by atoms with van der Waals surface area (Å²) in [5, 5.41) is 23.8. The van der Waals surface area contributed by atoms with Gasteiger partial charge in [0, 0.05) is 6.42 Å². The van der Waals surface area contributed by atoms with E-state index in [9.17, 15) is 19.8 Å². The van der Waals surface area contributed by atoms with Crippen molar-refractivity contribution < 1.29 is 24.5 Å². The maximum atomic E-state index is 13.2. The van der Waals surface area contributed by atoms with Crippen molar-refractivity contribution in [2.45, 2.75) is 315 Å². The van der Waals surface area contributed by atoms with Gasteiger partial charge in [0.25, 0.3) is 0 Å². The SMILES string of the molecule is CCCCCCCC/C=C\CCCC(CC(=O)NC(CO)C(O)CCCCCCCCCCCCCCCCCC)OC(=O)CCCCCCC/C=C/C=C/CCCCCCCCC. The molecule has 6 nitrogen and oxygen atoms in total. The van der Waals surface area contributed by atoms with Gasteiger partial charge in [-0.2, -0.15) is 0 Å². The smallest absolute Gasteiger partial charge is 0.306 e. The van der Waals surface area contributed by atoms with Crippen LogP contribution in [0.3, 0.4) is 0 Å². The first-order chi connectivity index (χ1) is 31.5. The Morgan fingerprint density at radius 1 is 0.453 bits per heavy atom. The van der Waals surface area contributed by atoms with Gasteiger partial charge in [0.2, 0.25) is 5.91 Å². The summed E-state index contributed by atoms with van der Waals surface area (Å²) >= 11 is 0. The van der Waals surface area contributed by atoms with E-state index in [1.807, 2.05) is 0 Å². The number of aliphatic hydroxyl groups excluding tert-OH is 2. The fourth-order valence-electron chi connectivity index (χ4n) is 8.66. The summed E-state index contributed by atoms with van der Waals surface area (Å²) in [5.41, 5.74) is 0. The average molecular weight is 901 g/mol. The van der Waals surface area contributed by atoms with E-state index >= 15 is 0 Å². The predicted octanol–water partition coefficient (Wildman–Crippen LogP) is 17.2. The molecule has 3 atom stereocenters. The molecule has 3 N–H and O–H groups in total. The van der Waals surface area contributed by atoms with Crippen molar-refractivity contribution in [1.82, 2.24) is 5.32 Å². The summed E-state index contributed by atoms with van der Waals surface area (Å²) in [7, 11) is 0. The highest BCUT2D eigenvalue weighted by atomic mass is 16.5. The molecule has 6 heteroatoms. The molecule has 376 valence electrons. The van der Waals surface area contributed by atoms with Crippen LogP contribution in [0.5, 0.6) is 0 Å². The quantitative estimate of drug-likeness (QED) is 0.0245. The van der Waals surface area contributed by atoms with Crippen LogP contribution in [0.4, 0.5) is 0 Å². The molecule has 0 heterocycles. The zero-order valence-corrected chi connectivity index (χ0v) is 42.9. The van der Waals surface area contributed by atoms with Crippen LogP contribution in [0.2, 0.25) is 0 Å². The number of amides is 1. The fraction of sp³-hybridized carbons (Fsp3) is 0.862. The van der Waals surface area contributed by atoms with Gasteiger partial charge in [0.15, 0.2) is 0 Å². The highest BCUT2D eigenvalue weighted by Crippen LogP contribution is 2.18. The Bertz CT molecular complexity index is 1060. The van der Waals surface area contributed by atoms with Gasteiger partial charge in [-0.25, -0.2) is 0 Å². The molecule has 0 aromatic rings. The van der Waals surface area contributed by atoms with E-state index in [0.29, 0.717) is 19.3 Å². The molecule has 0 bridgehead atoms. The predicted molar refractivity (Wildman–Crippen MR) is 278 cm³/mol. The molecule has 3 unspecified atom stereocenters. The van der Waals surface area contributed by atoms with Gasteiger partial charge in [-0.05, 0) is 70.6 Å². The highest BCUT2D eigenvalue weighted by Gasteiger charge is 2.24. The third-order valence-corrected chi connectivity index (χ3v) is 13.0. The number of nitrogens with one attached hydrogen (secondary N) is 1. The van der Waals surface area contributed by atoms with Crippen LogP contribution in [-0.4, -0.2) is 46.9 Å². The number of esters is 1. The summed E-state index contributed by atoms with van der Waals surface area (Å²) < 4.78 is 5.92. The van der Waals surface area contributed by atoms with Gasteiger partial charge in [0.1, 0.15) is 6.10 Å². The van der Waals surface area contributed by atoms with E-state index in [4.69, 9.17) is 4.74 Å². The van der Waals surface area contributed by atoms with Crippen LogP contribution in [-0.2, 0) is 14.3 Å². The summed E-state index contributed by atoms with van der Waals surface area (Å²) in [6, 6.07) is -0.711. The highest BCUT2D eigenvalue weighted by molar-refractivity contribution is 5.77. The molecule has 0 aliphatic rings. The molecule has 0 aromatic carbocycles. The zero-order valence-electron chi connectivity index (χ0n) is 42.9. The van der Waals surface area contributed by atoms with Crippen LogP contribution >= 0.6 is 0 Å². The van der Waals surface area contributed by atoms with E-state index < -0.39 is 18.2 Å². The van der Waals surface area contributed by atoms with E-state index in [1.165, 1.54) is 180 Å². The lowest BCUT2D eigenvalue weighted by molar-refractivity contribution is -0.151. The molecule has 0 radical (unpaired) electrons. The molecule has 0 saturated heterocycles. The van der Waals surface area contributed by atoms with Crippen molar-refractivity contribution >= 4 is 11.9 Å². The minimum Gasteiger partial charge on any atom is -0.462 e. The molecule has 0 saturated carbocycles. The second kappa shape index (κ2) is 52.1. The van der Waals surface area contributed by atoms with Gasteiger partial charge in [0.05, 0.1) is 25.2 Å². The van der Waals surface area contributed by atoms with Gasteiger partial charge < -0.3 is 20.3 Å². The second-order valence-corrected chi connectivity index (χ2v) is 19.4. The molecule has 0 aliphatic heterocycles. The largest absolute Gasteiger partial charge is 0.462 e. The van der Waals surface area contributed by atoms with Crippen LogP contribution in [0.1, 0.15) is 297 Å². The molecule has 64 heavy (non-hydrogen) atoms. The van der Waals surface area contributed by atoms with Gasteiger partial charge in [-0.1, -0.05) is 250 Å². The number of hydrogen-bond donors (Lipinski definition) is 3. The standard InChI is InChI=1S/C58H109NO5/c1-4-7-10-13-16-19-22-24-26-28-29-31-33-36-39-42-45-48-51-58(63)64-54(49-46-43-40-37-34-21-18-15-12-9-6-3)52-57(62)59-55(53-60)56(61)50-47-44-41-38-35-32-30-27-25-23-20-17-14-11-8-5-2/h26,28-29,31,37,40,54-56,60-61H,4-25,27,30,32-36,38-39,41-53H2,1-3H3,(H,59,62)/b28-26+,31-29+,40-37-. The van der Waals surface area contributed by atoms with Gasteiger partial charge in [-0.15, -0.1) is 0 Å². The minimum atomic E-state index is -0.796. The number of carbonyl (C=O) groups excluding carboxylic acids is 2. The topological polar surface area (TPSA) is 95.9 Å². The third-order valence-electron chi connectivity index (χ3n) is 13.0. The number of allylic oxidation sites excluding steroid dienone is 6. The third kappa shape index (κ3) is 46.6. The zero-order chi connectivity index (χ0) is 46.7. The first kappa shape index (κ1) is 62.1. The van der Waals surface area contributed by atoms with E-state index in [0.717, 1.165) is 70.6 Å². The summed E-state index contributed by atoms with van der Waals surface area (Å²) in [6.45, 7) is 6.48. The average Bonchev–Trinajstić information content (AvgIpc) is 3.29. The van der Waals surface area contributed by atoms with Crippen molar-refractivity contribution in [2.75, 3.05) is 6.61 Å². The lowest BCUT2D eigenvalue weighted by Crippen LogP contribution is -2.46. The molecule has 0 spiro atoms. The summed E-state index contributed by atoms with van der Waals surface area (Å²) in [5.74, 6) is -0.510. The molecule has 0 rings (SSSR count). The number of carbonyl (C=O) groups is 2. The Morgan fingerprint density at radius 3 is 1.23 bits per heavy atom. The van der Waals surface area contributed by atoms with Crippen molar-refractivity contribution in [3.05, 3.63) is 36.5 Å². The Labute approximate surface area is 398 Å². The monoisotopic (exact) mass is 900 g/mol. The maximum absolute atomic E-state index is 13.2. The molecule has 0 fully saturated rings. The molecule has 0 aliphatic carbocycles. The molecule has 1 amide bonds. The lowest BCUT2D eigenvalue weighted by atomic mass is 10.0. The normalized spacial score (nSPS) is 13.4. The van der Waals surface area contributed by atoms with Crippen molar-refractivity contribution in [3.8, 4) is 0 Å². The Morgan fingerprint density at radius 2 is 0.812 bits per heavy atom. The van der Waals surface area contributed by atoms with Crippen LogP contribution in [0.25, 0.3) is 0 Å². The first-order valence-corrected chi connectivity index (χ1v) is 28.2. The summed E-state index contributed by atoms with van der Waals surface area (Å²) in [6.07, 6.45) is 62.1. The number of aliphatic hydroxyl groups is 2. The Balaban J connectivity index is 4.50. The maximum Gasteiger partial charge on any atom is 0.306 e. The lowest BCUT2D eigenvalue weighted by Gasteiger charge is -2.24. The Kier molecular flexibility index (Phi) is 50.5. The van der Waals surface area contributed by atoms with E-state index in [1.54, 1.807) is 0 Å². The number of hydrogen-bond acceptors (Lipinski definition) is 5. The van der Waals surface area contributed by atoms with Gasteiger partial charge in [-0.3, -0.25) is 9.59 Å². The number of ether oxygens (including phenoxy) is 1. The fourth-order valence-corrected chi connectivity index (χ4v) is 8.66. The molecule has 0 aromatic heterocycles. The van der Waals surface area contributed by atoms with Crippen LogP contribution < -0.4 is 5.32 Å².